The lowest BCUT2D eigenvalue weighted by atomic mass is 9.95. The van der Waals surface area contributed by atoms with Gasteiger partial charge in [0, 0.05) is 17.4 Å². The molecule has 0 amide bonds. The van der Waals surface area contributed by atoms with Crippen molar-refractivity contribution in [3.05, 3.63) is 22.2 Å². The van der Waals surface area contributed by atoms with E-state index in [0.717, 1.165) is 19.3 Å². The van der Waals surface area contributed by atoms with E-state index >= 15 is 0 Å². The van der Waals surface area contributed by atoms with E-state index in [1.165, 1.54) is 18.6 Å². The second-order valence-electron chi connectivity index (χ2n) is 4.83. The third kappa shape index (κ3) is 3.51. The van der Waals surface area contributed by atoms with Gasteiger partial charge in [0.15, 0.2) is 0 Å². The Morgan fingerprint density at radius 3 is 2.95 bits per heavy atom. The van der Waals surface area contributed by atoms with Crippen molar-refractivity contribution in [3.63, 3.8) is 0 Å². The molecular formula is C12H19N5O2S. The molecule has 0 bridgehead atoms. The van der Waals surface area contributed by atoms with Gasteiger partial charge in [-0.25, -0.2) is 10.8 Å². The summed E-state index contributed by atoms with van der Waals surface area (Å²) in [5.41, 5.74) is 2.39. The number of pyridine rings is 1. The zero-order valence-electron chi connectivity index (χ0n) is 11.3. The van der Waals surface area contributed by atoms with Crippen molar-refractivity contribution in [2.45, 2.75) is 37.0 Å². The number of nitrogens with zero attached hydrogens (tertiary/aromatic N) is 2. The van der Waals surface area contributed by atoms with Crippen LogP contribution in [-0.4, -0.2) is 27.5 Å². The van der Waals surface area contributed by atoms with Gasteiger partial charge in [0.05, 0.1) is 4.92 Å². The Balaban J connectivity index is 2.16. The molecule has 0 aliphatic heterocycles. The van der Waals surface area contributed by atoms with Crippen LogP contribution < -0.4 is 16.6 Å². The Morgan fingerprint density at radius 2 is 2.30 bits per heavy atom. The number of hydrazine groups is 1. The molecule has 1 aromatic heterocycles. The van der Waals surface area contributed by atoms with Gasteiger partial charge in [0.25, 0.3) is 0 Å². The summed E-state index contributed by atoms with van der Waals surface area (Å²) in [6.45, 7) is 0. The molecule has 2 unspecified atom stereocenters. The number of anilines is 2. The van der Waals surface area contributed by atoms with Crippen molar-refractivity contribution in [2.24, 2.45) is 5.84 Å². The van der Waals surface area contributed by atoms with Gasteiger partial charge in [-0.15, -0.1) is 0 Å². The van der Waals surface area contributed by atoms with Gasteiger partial charge in [-0.2, -0.15) is 11.8 Å². The minimum absolute atomic E-state index is 0.0183. The first-order valence-electron chi connectivity index (χ1n) is 6.55. The summed E-state index contributed by atoms with van der Waals surface area (Å²) < 4.78 is 0. The highest BCUT2D eigenvalue weighted by Gasteiger charge is 2.24. The summed E-state index contributed by atoms with van der Waals surface area (Å²) in [5.74, 6) is 6.01. The molecular weight excluding hydrogens is 278 g/mol. The van der Waals surface area contributed by atoms with Gasteiger partial charge >= 0.3 is 5.69 Å². The summed E-state index contributed by atoms with van der Waals surface area (Å²) in [7, 11) is 0. The maximum absolute atomic E-state index is 11.1. The summed E-state index contributed by atoms with van der Waals surface area (Å²) in [6.07, 6.45) is 6.45. The van der Waals surface area contributed by atoms with Crippen LogP contribution in [-0.2, 0) is 0 Å². The molecule has 0 aromatic carbocycles. The number of rotatable bonds is 5. The number of aromatic nitrogens is 1. The van der Waals surface area contributed by atoms with E-state index in [9.17, 15) is 10.1 Å². The van der Waals surface area contributed by atoms with E-state index < -0.39 is 4.92 Å². The molecule has 20 heavy (non-hydrogen) atoms. The van der Waals surface area contributed by atoms with Crippen molar-refractivity contribution in [2.75, 3.05) is 17.0 Å². The second kappa shape index (κ2) is 6.76. The normalized spacial score (nSPS) is 22.3. The lowest BCUT2D eigenvalue weighted by Gasteiger charge is -2.28. The number of thioether (sulfide) groups is 1. The summed E-state index contributed by atoms with van der Waals surface area (Å²) in [5, 5.41) is 14.9. The third-order valence-electron chi connectivity index (χ3n) is 3.52. The van der Waals surface area contributed by atoms with Crippen LogP contribution >= 0.6 is 11.8 Å². The average molecular weight is 297 g/mol. The lowest BCUT2D eigenvalue weighted by molar-refractivity contribution is -0.384. The predicted octanol–water partition coefficient (Wildman–Crippen LogP) is 2.36. The lowest BCUT2D eigenvalue weighted by Crippen LogP contribution is -2.29. The number of nitrogens with two attached hydrogens (primary N) is 1. The minimum Gasteiger partial charge on any atom is -0.362 e. The standard InChI is InChI=1S/C12H19N5O2S/c1-20-9-4-2-3-8(7-9)14-12-10(17(18)19)5-6-11(15-12)16-13/h5-6,8-9H,2-4,7,13H2,1H3,(H2,14,15,16). The van der Waals surface area contributed by atoms with E-state index in [1.807, 2.05) is 11.8 Å². The van der Waals surface area contributed by atoms with Crippen LogP contribution in [0, 0.1) is 10.1 Å². The topological polar surface area (TPSA) is 106 Å². The largest absolute Gasteiger partial charge is 0.362 e. The zero-order valence-corrected chi connectivity index (χ0v) is 12.2. The molecule has 7 nitrogen and oxygen atoms in total. The molecule has 1 aliphatic carbocycles. The quantitative estimate of drug-likeness (QED) is 0.435. The molecule has 1 heterocycles. The van der Waals surface area contributed by atoms with E-state index in [1.54, 1.807) is 0 Å². The molecule has 110 valence electrons. The predicted molar refractivity (Wildman–Crippen MR) is 81.9 cm³/mol. The van der Waals surface area contributed by atoms with Crippen molar-refractivity contribution in [3.8, 4) is 0 Å². The highest BCUT2D eigenvalue weighted by atomic mass is 32.2. The maximum atomic E-state index is 11.1. The van der Waals surface area contributed by atoms with Crippen LogP contribution in [0.25, 0.3) is 0 Å². The Morgan fingerprint density at radius 1 is 1.50 bits per heavy atom. The summed E-state index contributed by atoms with van der Waals surface area (Å²) >= 11 is 1.85. The molecule has 1 fully saturated rings. The van der Waals surface area contributed by atoms with Gasteiger partial charge in [0.2, 0.25) is 5.82 Å². The van der Waals surface area contributed by atoms with E-state index in [4.69, 9.17) is 5.84 Å². The minimum atomic E-state index is -0.426. The zero-order chi connectivity index (χ0) is 14.5. The highest BCUT2D eigenvalue weighted by molar-refractivity contribution is 7.99. The van der Waals surface area contributed by atoms with Gasteiger partial charge in [-0.05, 0) is 31.6 Å². The molecule has 2 rings (SSSR count). The Bertz CT molecular complexity index is 485. The third-order valence-corrected chi connectivity index (χ3v) is 4.61. The van der Waals surface area contributed by atoms with Crippen LogP contribution in [0.4, 0.5) is 17.3 Å². The van der Waals surface area contributed by atoms with Gasteiger partial charge in [-0.3, -0.25) is 10.1 Å². The Labute approximate surface area is 121 Å². The number of hydrogen-bond donors (Lipinski definition) is 3. The highest BCUT2D eigenvalue weighted by Crippen LogP contribution is 2.31. The summed E-state index contributed by atoms with van der Waals surface area (Å²) in [6, 6.07) is 3.13. The maximum Gasteiger partial charge on any atom is 0.311 e. The molecule has 0 spiro atoms. The van der Waals surface area contributed by atoms with Crippen molar-refractivity contribution in [1.29, 1.82) is 0 Å². The monoisotopic (exact) mass is 297 g/mol. The smallest absolute Gasteiger partial charge is 0.311 e. The van der Waals surface area contributed by atoms with Gasteiger partial charge in [-0.1, -0.05) is 6.42 Å². The van der Waals surface area contributed by atoms with Crippen molar-refractivity contribution < 1.29 is 4.92 Å². The number of nitrogens with one attached hydrogen (secondary N) is 2. The first kappa shape index (κ1) is 14.9. The summed E-state index contributed by atoms with van der Waals surface area (Å²) in [4.78, 5) is 14.8. The van der Waals surface area contributed by atoms with Gasteiger partial charge in [0.1, 0.15) is 5.82 Å². The molecule has 4 N–H and O–H groups in total. The van der Waals surface area contributed by atoms with Crippen molar-refractivity contribution >= 4 is 29.1 Å². The number of nitrogen functional groups attached to an aromatic ring is 1. The molecule has 1 aliphatic rings. The van der Waals surface area contributed by atoms with Crippen LogP contribution in [0.2, 0.25) is 0 Å². The molecule has 0 radical (unpaired) electrons. The first-order valence-corrected chi connectivity index (χ1v) is 7.84. The molecule has 0 saturated heterocycles. The van der Waals surface area contributed by atoms with Gasteiger partial charge < -0.3 is 10.7 Å². The first-order chi connectivity index (χ1) is 9.63. The Hall–Kier alpha value is -1.54. The van der Waals surface area contributed by atoms with Crippen molar-refractivity contribution in [1.82, 2.24) is 4.98 Å². The second-order valence-corrected chi connectivity index (χ2v) is 5.97. The number of nitro groups is 1. The average Bonchev–Trinajstić information content (AvgIpc) is 2.47. The van der Waals surface area contributed by atoms with E-state index in [-0.39, 0.29) is 17.5 Å². The molecule has 8 heteroatoms. The van der Waals surface area contributed by atoms with Crippen LogP contribution in [0.15, 0.2) is 12.1 Å². The molecule has 2 atom stereocenters. The van der Waals surface area contributed by atoms with Crippen LogP contribution in [0.5, 0.6) is 0 Å². The molecule has 1 aromatic rings. The van der Waals surface area contributed by atoms with E-state index in [0.29, 0.717) is 11.1 Å². The molecule has 1 saturated carbocycles. The van der Waals surface area contributed by atoms with E-state index in [2.05, 4.69) is 22.0 Å². The van der Waals surface area contributed by atoms with Crippen LogP contribution in [0.3, 0.4) is 0 Å². The van der Waals surface area contributed by atoms with Crippen LogP contribution in [0.1, 0.15) is 25.7 Å². The number of hydrogen-bond acceptors (Lipinski definition) is 7. The fourth-order valence-electron chi connectivity index (χ4n) is 2.47. The SMILES string of the molecule is CSC1CCCC(Nc2nc(NN)ccc2[N+](=O)[O-])C1. The fraction of sp³-hybridized carbons (Fsp3) is 0.583. The fourth-order valence-corrected chi connectivity index (χ4v) is 3.30. The Kier molecular flexibility index (Phi) is 5.02.